The monoisotopic (exact) mass is 297 g/mol. The third-order valence-corrected chi connectivity index (χ3v) is 3.00. The maximum atomic E-state index is 11.4. The predicted molar refractivity (Wildman–Crippen MR) is 65.8 cm³/mol. The second-order valence-corrected chi connectivity index (χ2v) is 4.19. The van der Waals surface area contributed by atoms with Crippen LogP contribution in [0, 0.1) is 11.3 Å². The van der Waals surface area contributed by atoms with E-state index in [4.69, 9.17) is 5.26 Å². The van der Waals surface area contributed by atoms with Gasteiger partial charge in [0.25, 0.3) is 0 Å². The molecule has 0 aliphatic rings. The van der Waals surface area contributed by atoms with Crippen molar-refractivity contribution < 1.29 is 15.0 Å². The number of alkyl halides is 1. The minimum atomic E-state index is -0.991. The largest absolute Gasteiger partial charge is 0.389 e. The highest BCUT2D eigenvalue weighted by Crippen LogP contribution is 2.19. The molecule has 2 N–H and O–H groups in total. The molecule has 90 valence electrons. The maximum Gasteiger partial charge on any atom is 0.176 e. The molecule has 1 rings (SSSR count). The third-order valence-electron chi connectivity index (χ3n) is 2.34. The molecule has 4 nitrogen and oxygen atoms in total. The van der Waals surface area contributed by atoms with Crippen LogP contribution in [0.4, 0.5) is 0 Å². The number of Topliss-reactive ketones (excluding diaryl/α,β-unsaturated/α-hetero) is 1. The Kier molecular flexibility index (Phi) is 5.29. The number of nitrogens with zero attached hydrogens (tertiary/aromatic N) is 1. The van der Waals surface area contributed by atoms with Crippen LogP contribution in [0.2, 0.25) is 0 Å². The lowest BCUT2D eigenvalue weighted by molar-refractivity contribution is 0.0342. The molecule has 2 atom stereocenters. The van der Waals surface area contributed by atoms with Gasteiger partial charge in [-0.15, -0.1) is 0 Å². The van der Waals surface area contributed by atoms with Crippen molar-refractivity contribution in [2.24, 2.45) is 0 Å². The summed E-state index contributed by atoms with van der Waals surface area (Å²) in [6.07, 6.45) is -2.04. The Morgan fingerprint density at radius 3 is 2.41 bits per heavy atom. The average molecular weight is 298 g/mol. The van der Waals surface area contributed by atoms with Crippen LogP contribution in [-0.2, 0) is 0 Å². The highest BCUT2D eigenvalue weighted by molar-refractivity contribution is 9.09. The van der Waals surface area contributed by atoms with E-state index in [1.807, 2.05) is 0 Å². The number of aliphatic hydroxyl groups is 2. The maximum absolute atomic E-state index is 11.4. The zero-order chi connectivity index (χ0) is 12.8. The van der Waals surface area contributed by atoms with Crippen molar-refractivity contribution in [2.45, 2.75) is 18.6 Å². The molecule has 0 aliphatic heterocycles. The summed E-state index contributed by atoms with van der Waals surface area (Å²) in [6, 6.07) is 8.01. The van der Waals surface area contributed by atoms with E-state index < -0.39 is 12.2 Å². The van der Waals surface area contributed by atoms with E-state index in [2.05, 4.69) is 15.9 Å². The molecule has 0 bridgehead atoms. The van der Waals surface area contributed by atoms with E-state index in [9.17, 15) is 15.0 Å². The quantitative estimate of drug-likeness (QED) is 0.638. The molecule has 2 unspecified atom stereocenters. The molecule has 0 saturated heterocycles. The number of hydrogen-bond donors (Lipinski definition) is 2. The molecular weight excluding hydrogens is 286 g/mol. The Morgan fingerprint density at radius 1 is 1.35 bits per heavy atom. The van der Waals surface area contributed by atoms with Gasteiger partial charge >= 0.3 is 0 Å². The van der Waals surface area contributed by atoms with Crippen molar-refractivity contribution in [3.8, 4) is 6.07 Å². The van der Waals surface area contributed by atoms with Crippen LogP contribution in [0.1, 0.15) is 28.4 Å². The molecule has 1 aromatic rings. The van der Waals surface area contributed by atoms with Gasteiger partial charge in [-0.1, -0.05) is 40.2 Å². The number of carbonyl (C=O) groups excluding carboxylic acids is 1. The number of benzene rings is 1. The van der Waals surface area contributed by atoms with E-state index in [0.717, 1.165) is 0 Å². The number of ketones is 1. The first-order valence-electron chi connectivity index (χ1n) is 5.02. The fraction of sp³-hybridized carbons (Fsp3) is 0.333. The highest BCUT2D eigenvalue weighted by Gasteiger charge is 2.17. The molecule has 0 saturated carbocycles. The lowest BCUT2D eigenvalue weighted by Gasteiger charge is -2.15. The van der Waals surface area contributed by atoms with Gasteiger partial charge in [-0.25, -0.2) is 0 Å². The molecule has 0 fully saturated rings. The zero-order valence-corrected chi connectivity index (χ0v) is 10.6. The summed E-state index contributed by atoms with van der Waals surface area (Å²) in [4.78, 5) is 11.4. The SMILES string of the molecule is N#CCC(=O)c1ccc(C(O)C(O)CBr)cc1. The van der Waals surface area contributed by atoms with Crippen LogP contribution in [0.25, 0.3) is 0 Å². The van der Waals surface area contributed by atoms with Crippen LogP contribution >= 0.6 is 15.9 Å². The molecule has 0 spiro atoms. The smallest absolute Gasteiger partial charge is 0.176 e. The molecule has 0 aliphatic carbocycles. The first-order valence-corrected chi connectivity index (χ1v) is 6.14. The molecule has 0 heterocycles. The number of aliphatic hydroxyl groups excluding tert-OH is 2. The summed E-state index contributed by atoms with van der Waals surface area (Å²) in [5.74, 6) is -0.255. The Morgan fingerprint density at radius 2 is 1.94 bits per heavy atom. The van der Waals surface area contributed by atoms with Crippen molar-refractivity contribution in [3.63, 3.8) is 0 Å². The first kappa shape index (κ1) is 13.8. The highest BCUT2D eigenvalue weighted by atomic mass is 79.9. The van der Waals surface area contributed by atoms with Crippen molar-refractivity contribution in [2.75, 3.05) is 5.33 Å². The van der Waals surface area contributed by atoms with Crippen LogP contribution in [0.15, 0.2) is 24.3 Å². The van der Waals surface area contributed by atoms with Crippen LogP contribution in [0.3, 0.4) is 0 Å². The van der Waals surface area contributed by atoms with Crippen LogP contribution in [-0.4, -0.2) is 27.4 Å². The van der Waals surface area contributed by atoms with Crippen molar-refractivity contribution >= 4 is 21.7 Å². The van der Waals surface area contributed by atoms with E-state index in [-0.39, 0.29) is 17.5 Å². The van der Waals surface area contributed by atoms with Gasteiger partial charge in [0.15, 0.2) is 5.78 Å². The lowest BCUT2D eigenvalue weighted by atomic mass is 10.0. The summed E-state index contributed by atoms with van der Waals surface area (Å²) < 4.78 is 0. The molecule has 0 radical (unpaired) electrons. The zero-order valence-electron chi connectivity index (χ0n) is 9.01. The first-order chi connectivity index (χ1) is 8.10. The number of halogens is 1. The van der Waals surface area contributed by atoms with Gasteiger partial charge in [0, 0.05) is 10.9 Å². The Balaban J connectivity index is 2.81. The predicted octanol–water partition coefficient (Wildman–Crippen LogP) is 1.57. The summed E-state index contributed by atoms with van der Waals surface area (Å²) in [6.45, 7) is 0. The average Bonchev–Trinajstić information content (AvgIpc) is 2.37. The Bertz CT molecular complexity index is 424. The summed E-state index contributed by atoms with van der Waals surface area (Å²) in [5.41, 5.74) is 0.960. The second kappa shape index (κ2) is 6.50. The summed E-state index contributed by atoms with van der Waals surface area (Å²) in [5, 5.41) is 27.8. The summed E-state index contributed by atoms with van der Waals surface area (Å²) in [7, 11) is 0. The van der Waals surface area contributed by atoms with Crippen molar-refractivity contribution in [1.82, 2.24) is 0 Å². The Labute approximate surface area is 108 Å². The van der Waals surface area contributed by atoms with Gasteiger partial charge in [0.2, 0.25) is 0 Å². The van der Waals surface area contributed by atoms with Crippen LogP contribution in [0.5, 0.6) is 0 Å². The minimum absolute atomic E-state index is 0.161. The fourth-order valence-electron chi connectivity index (χ4n) is 1.35. The van der Waals surface area contributed by atoms with Gasteiger partial charge < -0.3 is 10.2 Å². The molecule has 5 heteroatoms. The van der Waals surface area contributed by atoms with Crippen molar-refractivity contribution in [3.05, 3.63) is 35.4 Å². The van der Waals surface area contributed by atoms with E-state index >= 15 is 0 Å². The van der Waals surface area contributed by atoms with E-state index in [1.54, 1.807) is 30.3 Å². The van der Waals surface area contributed by atoms with E-state index in [1.165, 1.54) is 0 Å². The molecule has 0 aromatic heterocycles. The van der Waals surface area contributed by atoms with E-state index in [0.29, 0.717) is 11.1 Å². The topological polar surface area (TPSA) is 81.3 Å². The molecule has 1 aromatic carbocycles. The lowest BCUT2D eigenvalue weighted by Crippen LogP contribution is -2.19. The number of rotatable bonds is 5. The minimum Gasteiger partial charge on any atom is -0.389 e. The van der Waals surface area contributed by atoms with Crippen molar-refractivity contribution in [1.29, 1.82) is 5.26 Å². The standard InChI is InChI=1S/C12H12BrNO3/c13-7-11(16)12(17)9-3-1-8(2-4-9)10(15)5-6-14/h1-4,11-12,16-17H,5,7H2. The summed E-state index contributed by atoms with van der Waals surface area (Å²) >= 11 is 3.07. The molecular formula is C12H12BrNO3. The number of carbonyl (C=O) groups is 1. The third kappa shape index (κ3) is 3.63. The Hall–Kier alpha value is -1.22. The normalized spacial score (nSPS) is 13.8. The van der Waals surface area contributed by atoms with Gasteiger partial charge in [0.1, 0.15) is 6.10 Å². The van der Waals surface area contributed by atoms with Gasteiger partial charge in [-0.05, 0) is 5.56 Å². The molecule has 0 amide bonds. The fourth-order valence-corrected chi connectivity index (χ4v) is 1.70. The van der Waals surface area contributed by atoms with Crippen LogP contribution < -0.4 is 0 Å². The second-order valence-electron chi connectivity index (χ2n) is 3.55. The number of hydrogen-bond acceptors (Lipinski definition) is 4. The van der Waals surface area contributed by atoms with Gasteiger partial charge in [-0.3, -0.25) is 4.79 Å². The van der Waals surface area contributed by atoms with Gasteiger partial charge in [-0.2, -0.15) is 5.26 Å². The van der Waals surface area contributed by atoms with Gasteiger partial charge in [0.05, 0.1) is 18.6 Å². The number of nitriles is 1. The molecule has 17 heavy (non-hydrogen) atoms.